The summed E-state index contributed by atoms with van der Waals surface area (Å²) >= 11 is 7.80. The first kappa shape index (κ1) is 21.4. The zero-order valence-corrected chi connectivity index (χ0v) is 19.5. The van der Waals surface area contributed by atoms with Crippen molar-refractivity contribution in [2.45, 2.75) is 52.9 Å². The average Bonchev–Trinajstić information content (AvgIpc) is 3.34. The fourth-order valence-electron chi connectivity index (χ4n) is 4.53. The summed E-state index contributed by atoms with van der Waals surface area (Å²) in [4.78, 5) is 29.6. The highest BCUT2D eigenvalue weighted by molar-refractivity contribution is 7.17. The summed E-state index contributed by atoms with van der Waals surface area (Å²) in [7, 11) is 0. The van der Waals surface area contributed by atoms with Crippen molar-refractivity contribution < 1.29 is 9.59 Å². The Bertz CT molecular complexity index is 970. The zero-order chi connectivity index (χ0) is 21.5. The Balaban J connectivity index is 1.70. The molecule has 30 heavy (non-hydrogen) atoms. The molecule has 2 amide bonds. The number of hydrogen-bond acceptors (Lipinski definition) is 3. The van der Waals surface area contributed by atoms with Gasteiger partial charge in [-0.05, 0) is 61.1 Å². The van der Waals surface area contributed by atoms with E-state index in [0.717, 1.165) is 50.8 Å². The number of carbonyl (C=O) groups excluding carboxylic acids is 2. The topological polar surface area (TPSA) is 49.4 Å². The monoisotopic (exact) mass is 444 g/mol. The number of likely N-dealkylation sites (tertiary alicyclic amines) is 1. The van der Waals surface area contributed by atoms with Crippen molar-refractivity contribution in [2.24, 2.45) is 11.3 Å². The second kappa shape index (κ2) is 8.35. The lowest BCUT2D eigenvalue weighted by Crippen LogP contribution is -2.30. The van der Waals surface area contributed by atoms with Crippen molar-refractivity contribution in [3.8, 4) is 0 Å². The molecule has 1 saturated heterocycles. The summed E-state index contributed by atoms with van der Waals surface area (Å²) in [5.74, 6) is 0.376. The van der Waals surface area contributed by atoms with Crippen LogP contribution in [0.5, 0.6) is 0 Å². The molecule has 0 bridgehead atoms. The van der Waals surface area contributed by atoms with E-state index in [1.807, 2.05) is 4.90 Å². The predicted molar refractivity (Wildman–Crippen MR) is 124 cm³/mol. The Labute approximate surface area is 187 Å². The van der Waals surface area contributed by atoms with Crippen LogP contribution in [0.15, 0.2) is 24.3 Å². The van der Waals surface area contributed by atoms with Crippen molar-refractivity contribution in [3.05, 3.63) is 50.9 Å². The quantitative estimate of drug-likeness (QED) is 0.627. The van der Waals surface area contributed by atoms with E-state index in [2.05, 4.69) is 26.1 Å². The minimum atomic E-state index is -0.262. The van der Waals surface area contributed by atoms with E-state index in [4.69, 9.17) is 11.6 Å². The number of amides is 2. The number of thiophene rings is 1. The van der Waals surface area contributed by atoms with Gasteiger partial charge in [0, 0.05) is 18.0 Å². The van der Waals surface area contributed by atoms with Crippen LogP contribution in [-0.2, 0) is 12.8 Å². The number of nitrogens with one attached hydrogen (secondary N) is 1. The zero-order valence-electron chi connectivity index (χ0n) is 17.9. The first-order chi connectivity index (χ1) is 14.3. The van der Waals surface area contributed by atoms with Crippen LogP contribution in [0.3, 0.4) is 0 Å². The fraction of sp³-hybridized carbons (Fsp3) is 0.500. The minimum absolute atomic E-state index is 0.0636. The molecule has 2 aliphatic rings. The highest BCUT2D eigenvalue weighted by Gasteiger charge is 2.35. The maximum absolute atomic E-state index is 13.4. The number of carbonyl (C=O) groups is 2. The van der Waals surface area contributed by atoms with Crippen molar-refractivity contribution in [3.63, 3.8) is 0 Å². The maximum Gasteiger partial charge on any atom is 0.257 e. The first-order valence-corrected chi connectivity index (χ1v) is 11.9. The minimum Gasteiger partial charge on any atom is -0.339 e. The molecule has 1 aromatic carbocycles. The highest BCUT2D eigenvalue weighted by Crippen LogP contribution is 2.45. The van der Waals surface area contributed by atoms with E-state index >= 15 is 0 Å². The number of rotatable bonds is 3. The van der Waals surface area contributed by atoms with Crippen LogP contribution in [0.2, 0.25) is 5.02 Å². The van der Waals surface area contributed by atoms with Crippen LogP contribution in [0.25, 0.3) is 0 Å². The maximum atomic E-state index is 13.4. The summed E-state index contributed by atoms with van der Waals surface area (Å²) in [6.45, 7) is 8.45. The first-order valence-electron chi connectivity index (χ1n) is 10.8. The molecule has 0 unspecified atom stereocenters. The van der Waals surface area contributed by atoms with Gasteiger partial charge in [0.25, 0.3) is 11.8 Å². The molecule has 1 aromatic heterocycles. The van der Waals surface area contributed by atoms with E-state index in [9.17, 15) is 9.59 Å². The third-order valence-corrected chi connectivity index (χ3v) is 7.94. The molecular formula is C24H29ClN2O2S. The normalized spacial score (nSPS) is 18.9. The molecule has 2 aromatic rings. The number of benzene rings is 1. The molecule has 4 rings (SSSR count). The Morgan fingerprint density at radius 1 is 1.17 bits per heavy atom. The lowest BCUT2D eigenvalue weighted by molar-refractivity contribution is 0.0792. The van der Waals surface area contributed by atoms with Gasteiger partial charge in [0.2, 0.25) is 0 Å². The second-order valence-electron chi connectivity index (χ2n) is 9.45. The number of halogens is 1. The van der Waals surface area contributed by atoms with Gasteiger partial charge in [0.15, 0.2) is 0 Å². The van der Waals surface area contributed by atoms with Gasteiger partial charge in [-0.15, -0.1) is 11.3 Å². The Hall–Kier alpha value is -1.85. The summed E-state index contributed by atoms with van der Waals surface area (Å²) in [6.07, 6.45) is 5.03. The SMILES string of the molecule is CC(C)(C)[C@H]1CCc2c(sc(NC(=O)c3ccccc3Cl)c2C(=O)N2CCCC2)C1. The molecule has 1 atom stereocenters. The summed E-state index contributed by atoms with van der Waals surface area (Å²) in [5.41, 5.74) is 2.51. The molecule has 0 spiro atoms. The molecule has 1 aliphatic carbocycles. The smallest absolute Gasteiger partial charge is 0.257 e. The Morgan fingerprint density at radius 3 is 2.53 bits per heavy atom. The lowest BCUT2D eigenvalue weighted by Gasteiger charge is -2.34. The van der Waals surface area contributed by atoms with Crippen molar-refractivity contribution in [1.29, 1.82) is 0 Å². The van der Waals surface area contributed by atoms with E-state index in [0.29, 0.717) is 27.1 Å². The molecule has 4 nitrogen and oxygen atoms in total. The van der Waals surface area contributed by atoms with Crippen LogP contribution in [0, 0.1) is 11.3 Å². The van der Waals surface area contributed by atoms with E-state index in [1.54, 1.807) is 35.6 Å². The average molecular weight is 445 g/mol. The number of nitrogens with zero attached hydrogens (tertiary/aromatic N) is 1. The van der Waals surface area contributed by atoms with Gasteiger partial charge >= 0.3 is 0 Å². The van der Waals surface area contributed by atoms with Crippen molar-refractivity contribution in [2.75, 3.05) is 18.4 Å². The number of fused-ring (bicyclic) bond motifs is 1. The second-order valence-corrected chi connectivity index (χ2v) is 11.0. The third-order valence-electron chi connectivity index (χ3n) is 6.44. The van der Waals surface area contributed by atoms with Crippen molar-refractivity contribution >= 4 is 39.8 Å². The Kier molecular flexibility index (Phi) is 5.95. The van der Waals surface area contributed by atoms with Gasteiger partial charge in [0.1, 0.15) is 5.00 Å². The van der Waals surface area contributed by atoms with Crippen LogP contribution < -0.4 is 5.32 Å². The van der Waals surface area contributed by atoms with Crippen LogP contribution >= 0.6 is 22.9 Å². The highest BCUT2D eigenvalue weighted by atomic mass is 35.5. The summed E-state index contributed by atoms with van der Waals surface area (Å²) in [6, 6.07) is 7.02. The van der Waals surface area contributed by atoms with Crippen LogP contribution in [0.4, 0.5) is 5.00 Å². The third kappa shape index (κ3) is 4.15. The van der Waals surface area contributed by atoms with Gasteiger partial charge in [-0.25, -0.2) is 0 Å². The molecule has 1 aliphatic heterocycles. The van der Waals surface area contributed by atoms with Gasteiger partial charge in [-0.3, -0.25) is 9.59 Å². The number of anilines is 1. The van der Waals surface area contributed by atoms with Gasteiger partial charge in [-0.1, -0.05) is 44.5 Å². The van der Waals surface area contributed by atoms with E-state index in [-0.39, 0.29) is 17.2 Å². The fourth-order valence-corrected chi connectivity index (χ4v) is 6.07. The largest absolute Gasteiger partial charge is 0.339 e. The standard InChI is InChI=1S/C24H29ClN2O2S/c1-24(2,3)15-10-11-17-19(14-15)30-22(20(17)23(29)27-12-6-7-13-27)26-21(28)16-8-4-5-9-18(16)25/h4-5,8-9,15H,6-7,10-14H2,1-3H3,(H,26,28)/t15-/m0/s1. The van der Waals surface area contributed by atoms with E-state index < -0.39 is 0 Å². The number of hydrogen-bond donors (Lipinski definition) is 1. The van der Waals surface area contributed by atoms with E-state index in [1.165, 1.54) is 4.88 Å². The molecular weight excluding hydrogens is 416 g/mol. The molecule has 0 saturated carbocycles. The Morgan fingerprint density at radius 2 is 1.87 bits per heavy atom. The molecule has 160 valence electrons. The molecule has 0 radical (unpaired) electrons. The van der Waals surface area contributed by atoms with Gasteiger partial charge in [-0.2, -0.15) is 0 Å². The molecule has 1 fully saturated rings. The van der Waals surface area contributed by atoms with Crippen molar-refractivity contribution in [1.82, 2.24) is 4.90 Å². The van der Waals surface area contributed by atoms with Gasteiger partial charge < -0.3 is 10.2 Å². The molecule has 6 heteroatoms. The molecule has 1 N–H and O–H groups in total. The lowest BCUT2D eigenvalue weighted by atomic mass is 9.72. The predicted octanol–water partition coefficient (Wildman–Crippen LogP) is 6.04. The summed E-state index contributed by atoms with van der Waals surface area (Å²) in [5, 5.41) is 4.12. The van der Waals surface area contributed by atoms with Crippen LogP contribution in [-0.4, -0.2) is 29.8 Å². The van der Waals surface area contributed by atoms with Gasteiger partial charge in [0.05, 0.1) is 16.1 Å². The van der Waals surface area contributed by atoms with Crippen LogP contribution in [0.1, 0.15) is 71.2 Å². The summed E-state index contributed by atoms with van der Waals surface area (Å²) < 4.78 is 0. The molecule has 2 heterocycles.